The number of benzene rings is 3. The number of hydrogen-bond donors (Lipinski definition) is 4. The zero-order valence-electron chi connectivity index (χ0n) is 18.7. The van der Waals surface area contributed by atoms with E-state index in [0.29, 0.717) is 23.4 Å². The Labute approximate surface area is 193 Å². The van der Waals surface area contributed by atoms with E-state index in [9.17, 15) is 14.4 Å². The van der Waals surface area contributed by atoms with Gasteiger partial charge in [-0.05, 0) is 55.0 Å². The van der Waals surface area contributed by atoms with Gasteiger partial charge in [-0.3, -0.25) is 14.4 Å². The van der Waals surface area contributed by atoms with Crippen molar-refractivity contribution in [3.05, 3.63) is 90.0 Å². The molecule has 3 aromatic rings. The normalized spacial score (nSPS) is 11.2. The van der Waals surface area contributed by atoms with Crippen LogP contribution in [0.4, 0.5) is 17.1 Å². The molecular weight excluding hydrogens is 416 g/mol. The topological polar surface area (TPSA) is 99.3 Å². The summed E-state index contributed by atoms with van der Waals surface area (Å²) in [4.78, 5) is 36.3. The minimum absolute atomic E-state index is 0.0577. The summed E-state index contributed by atoms with van der Waals surface area (Å²) in [5, 5.41) is 11.6. The van der Waals surface area contributed by atoms with Crippen molar-refractivity contribution < 1.29 is 14.4 Å². The van der Waals surface area contributed by atoms with E-state index in [2.05, 4.69) is 21.3 Å². The summed E-state index contributed by atoms with van der Waals surface area (Å²) in [7, 11) is 0. The highest BCUT2D eigenvalue weighted by Crippen LogP contribution is 2.16. The van der Waals surface area contributed by atoms with Gasteiger partial charge in [-0.15, -0.1) is 0 Å². The lowest BCUT2D eigenvalue weighted by atomic mass is 10.1. The quantitative estimate of drug-likeness (QED) is 0.388. The maximum absolute atomic E-state index is 12.5. The van der Waals surface area contributed by atoms with Crippen LogP contribution in [0.5, 0.6) is 0 Å². The summed E-state index contributed by atoms with van der Waals surface area (Å²) < 4.78 is 0. The smallest absolute Gasteiger partial charge is 0.251 e. The lowest BCUT2D eigenvalue weighted by molar-refractivity contribution is -0.116. The van der Waals surface area contributed by atoms with Crippen LogP contribution in [0.3, 0.4) is 0 Å². The van der Waals surface area contributed by atoms with Gasteiger partial charge in [0.1, 0.15) is 0 Å². The van der Waals surface area contributed by atoms with Gasteiger partial charge in [0.05, 0.1) is 12.6 Å². The molecule has 170 valence electrons. The number of nitrogens with one attached hydrogen (secondary N) is 4. The molecule has 0 fully saturated rings. The molecule has 0 aliphatic carbocycles. The molecule has 0 bridgehead atoms. The maximum atomic E-state index is 12.5. The molecule has 0 radical (unpaired) electrons. The number of anilines is 3. The van der Waals surface area contributed by atoms with Crippen molar-refractivity contribution in [1.82, 2.24) is 5.32 Å². The first-order valence-electron chi connectivity index (χ1n) is 10.8. The minimum Gasteiger partial charge on any atom is -0.376 e. The van der Waals surface area contributed by atoms with Gasteiger partial charge in [0.15, 0.2) is 0 Å². The van der Waals surface area contributed by atoms with Gasteiger partial charge in [0.2, 0.25) is 11.8 Å². The molecule has 0 heterocycles. The predicted octanol–water partition coefficient (Wildman–Crippen LogP) is 4.58. The Bertz CT molecular complexity index is 1100. The summed E-state index contributed by atoms with van der Waals surface area (Å²) in [6, 6.07) is 23.6. The fourth-order valence-electron chi connectivity index (χ4n) is 3.16. The van der Waals surface area contributed by atoms with E-state index < -0.39 is 0 Å². The molecule has 3 aromatic carbocycles. The van der Waals surface area contributed by atoms with Crippen molar-refractivity contribution in [3.8, 4) is 0 Å². The van der Waals surface area contributed by atoms with Gasteiger partial charge in [-0.1, -0.05) is 43.3 Å². The van der Waals surface area contributed by atoms with Crippen LogP contribution in [0.25, 0.3) is 0 Å². The van der Waals surface area contributed by atoms with Gasteiger partial charge >= 0.3 is 0 Å². The fraction of sp³-hybridized carbons (Fsp3) is 0.192. The fourth-order valence-corrected chi connectivity index (χ4v) is 3.16. The monoisotopic (exact) mass is 444 g/mol. The Morgan fingerprint density at radius 1 is 0.758 bits per heavy atom. The maximum Gasteiger partial charge on any atom is 0.251 e. The van der Waals surface area contributed by atoms with Gasteiger partial charge in [0, 0.05) is 29.0 Å². The van der Waals surface area contributed by atoms with Crippen LogP contribution >= 0.6 is 0 Å². The molecule has 3 amide bonds. The second kappa shape index (κ2) is 11.5. The Balaban J connectivity index is 1.49. The van der Waals surface area contributed by atoms with Gasteiger partial charge < -0.3 is 21.3 Å². The molecule has 0 spiro atoms. The molecule has 33 heavy (non-hydrogen) atoms. The average molecular weight is 445 g/mol. The summed E-state index contributed by atoms with van der Waals surface area (Å²) in [6.45, 7) is 3.77. The predicted molar refractivity (Wildman–Crippen MR) is 131 cm³/mol. The van der Waals surface area contributed by atoms with E-state index in [1.165, 1.54) is 0 Å². The number of rotatable bonds is 9. The van der Waals surface area contributed by atoms with Crippen molar-refractivity contribution in [3.63, 3.8) is 0 Å². The second-order valence-electron chi connectivity index (χ2n) is 7.57. The van der Waals surface area contributed by atoms with Crippen LogP contribution < -0.4 is 21.3 Å². The third-order valence-corrected chi connectivity index (χ3v) is 5.00. The third-order valence-electron chi connectivity index (χ3n) is 5.00. The molecule has 1 unspecified atom stereocenters. The molecule has 0 saturated heterocycles. The van der Waals surface area contributed by atoms with Crippen LogP contribution in [0.2, 0.25) is 0 Å². The lowest BCUT2D eigenvalue weighted by Gasteiger charge is -2.14. The van der Waals surface area contributed by atoms with Gasteiger partial charge in [0.25, 0.3) is 5.91 Å². The Kier molecular flexibility index (Phi) is 8.18. The summed E-state index contributed by atoms with van der Waals surface area (Å²) in [5.41, 5.74) is 3.52. The minimum atomic E-state index is -0.229. The number of carbonyl (C=O) groups is 3. The number of amides is 3. The largest absolute Gasteiger partial charge is 0.376 e. The van der Waals surface area contributed by atoms with Gasteiger partial charge in [-0.2, -0.15) is 0 Å². The van der Waals surface area contributed by atoms with E-state index in [-0.39, 0.29) is 30.3 Å². The van der Waals surface area contributed by atoms with Crippen LogP contribution in [0.15, 0.2) is 78.9 Å². The molecule has 7 nitrogen and oxygen atoms in total. The second-order valence-corrected chi connectivity index (χ2v) is 7.57. The van der Waals surface area contributed by atoms with Crippen LogP contribution in [-0.4, -0.2) is 24.3 Å². The zero-order chi connectivity index (χ0) is 23.6. The molecule has 0 saturated carbocycles. The van der Waals surface area contributed by atoms with Crippen LogP contribution in [0, 0.1) is 0 Å². The lowest BCUT2D eigenvalue weighted by Crippen LogP contribution is -2.26. The number of carbonyl (C=O) groups excluding carboxylic acids is 3. The standard InChI is InChI=1S/C26H28N4O3/c1-3-24(31)29-22-10-7-11-23(16-22)30-25(32)17-27-21-14-12-20(13-15-21)26(33)28-18(2)19-8-5-4-6-9-19/h4-16,18,27H,3,17H2,1-2H3,(H,28,33)(H,29,31)(H,30,32). The Morgan fingerprint density at radius 3 is 2.03 bits per heavy atom. The van der Waals surface area contributed by atoms with E-state index in [1.54, 1.807) is 55.5 Å². The molecule has 0 aliphatic rings. The SMILES string of the molecule is CCC(=O)Nc1cccc(NC(=O)CNc2ccc(C(=O)NC(C)c3ccccc3)cc2)c1. The first-order valence-corrected chi connectivity index (χ1v) is 10.8. The van der Waals surface area contributed by atoms with Crippen LogP contribution in [0.1, 0.15) is 42.2 Å². The first kappa shape index (κ1) is 23.5. The summed E-state index contributed by atoms with van der Waals surface area (Å²) in [5.74, 6) is -0.482. The van der Waals surface area contributed by atoms with E-state index in [0.717, 1.165) is 11.3 Å². The highest BCUT2D eigenvalue weighted by Gasteiger charge is 2.11. The molecular formula is C26H28N4O3. The first-order chi connectivity index (χ1) is 15.9. The summed E-state index contributed by atoms with van der Waals surface area (Å²) in [6.07, 6.45) is 0.382. The Morgan fingerprint density at radius 2 is 1.39 bits per heavy atom. The van der Waals surface area contributed by atoms with Gasteiger partial charge in [-0.25, -0.2) is 0 Å². The molecule has 1 atom stereocenters. The van der Waals surface area contributed by atoms with E-state index >= 15 is 0 Å². The number of hydrogen-bond acceptors (Lipinski definition) is 4. The molecule has 0 aliphatic heterocycles. The average Bonchev–Trinajstić information content (AvgIpc) is 2.83. The highest BCUT2D eigenvalue weighted by molar-refractivity contribution is 5.96. The molecule has 0 aromatic heterocycles. The van der Waals surface area contributed by atoms with Crippen molar-refractivity contribution in [2.75, 3.05) is 22.5 Å². The molecule has 3 rings (SSSR count). The van der Waals surface area contributed by atoms with Crippen molar-refractivity contribution >= 4 is 34.8 Å². The molecule has 4 N–H and O–H groups in total. The third kappa shape index (κ3) is 7.21. The highest BCUT2D eigenvalue weighted by atomic mass is 16.2. The summed E-state index contributed by atoms with van der Waals surface area (Å²) >= 11 is 0. The van der Waals surface area contributed by atoms with Crippen molar-refractivity contribution in [2.45, 2.75) is 26.3 Å². The van der Waals surface area contributed by atoms with E-state index in [1.807, 2.05) is 37.3 Å². The van der Waals surface area contributed by atoms with Crippen LogP contribution in [-0.2, 0) is 9.59 Å². The van der Waals surface area contributed by atoms with Crippen molar-refractivity contribution in [2.24, 2.45) is 0 Å². The zero-order valence-corrected chi connectivity index (χ0v) is 18.7. The van der Waals surface area contributed by atoms with Crippen molar-refractivity contribution in [1.29, 1.82) is 0 Å². The molecule has 7 heteroatoms. The van der Waals surface area contributed by atoms with E-state index in [4.69, 9.17) is 0 Å². The Hall–Kier alpha value is -4.13.